The molecule has 1 heterocycles. The Morgan fingerprint density at radius 3 is 2.81 bits per heavy atom. The van der Waals surface area contributed by atoms with E-state index in [0.717, 1.165) is 10.8 Å². The first-order chi connectivity index (χ1) is 10.1. The lowest BCUT2D eigenvalue weighted by Crippen LogP contribution is -2.25. The first kappa shape index (κ1) is 12.9. The Labute approximate surface area is 120 Å². The van der Waals surface area contributed by atoms with Crippen LogP contribution in [0.5, 0.6) is 5.75 Å². The monoisotopic (exact) mass is 281 g/mol. The number of nitriles is 1. The van der Waals surface area contributed by atoms with E-state index in [9.17, 15) is 15.4 Å². The summed E-state index contributed by atoms with van der Waals surface area (Å²) in [6.45, 7) is -0.395. The van der Waals surface area contributed by atoms with Gasteiger partial charge in [0.2, 0.25) is 12.4 Å². The predicted molar refractivity (Wildman–Crippen MR) is 76.0 cm³/mol. The summed E-state index contributed by atoms with van der Waals surface area (Å²) in [4.78, 5) is 10.5. The second-order valence-electron chi connectivity index (χ2n) is 4.76. The lowest BCUT2D eigenvalue weighted by atomic mass is 9.86. The van der Waals surface area contributed by atoms with Crippen LogP contribution >= 0.6 is 0 Å². The molecular weight excluding hydrogens is 270 g/mol. The summed E-state index contributed by atoms with van der Waals surface area (Å²) in [7, 11) is 0. The normalized spacial score (nSPS) is 17.0. The van der Waals surface area contributed by atoms with Gasteiger partial charge in [0.05, 0.1) is 5.92 Å². The van der Waals surface area contributed by atoms with Crippen molar-refractivity contribution in [2.45, 2.75) is 5.92 Å². The highest BCUT2D eigenvalue weighted by atomic mass is 16.6. The van der Waals surface area contributed by atoms with Crippen LogP contribution in [0, 0.1) is 21.4 Å². The van der Waals surface area contributed by atoms with Crippen LogP contribution in [0.25, 0.3) is 10.8 Å². The number of rotatable bonds is 2. The summed E-state index contributed by atoms with van der Waals surface area (Å²) in [5, 5.41) is 22.0. The van der Waals surface area contributed by atoms with Gasteiger partial charge in [-0.1, -0.05) is 30.3 Å². The summed E-state index contributed by atoms with van der Waals surface area (Å²) in [6, 6.07) is 13.0. The number of ether oxygens (including phenoxy) is 1. The number of fused-ring (bicyclic) bond motifs is 3. The fourth-order valence-electron chi connectivity index (χ4n) is 2.68. The molecule has 0 spiro atoms. The minimum Gasteiger partial charge on any atom is -0.440 e. The van der Waals surface area contributed by atoms with Gasteiger partial charge < -0.3 is 10.5 Å². The van der Waals surface area contributed by atoms with Crippen LogP contribution in [-0.4, -0.2) is 11.5 Å². The van der Waals surface area contributed by atoms with E-state index in [4.69, 9.17) is 10.5 Å². The average molecular weight is 281 g/mol. The molecule has 6 nitrogen and oxygen atoms in total. The summed E-state index contributed by atoms with van der Waals surface area (Å²) in [6.07, 6.45) is 0. The average Bonchev–Trinajstić information content (AvgIpc) is 2.46. The first-order valence-electron chi connectivity index (χ1n) is 6.33. The standard InChI is InChI=1S/C15H11N3O3/c16-7-11-12(8-18(19)20)14-10-4-2-1-3-9(10)5-6-13(14)21-15(11)17/h1-6,12H,8,17H2/t12-/m1/s1. The third-order valence-corrected chi connectivity index (χ3v) is 3.57. The smallest absolute Gasteiger partial charge is 0.215 e. The van der Waals surface area contributed by atoms with Gasteiger partial charge in [-0.25, -0.2) is 0 Å². The molecular formula is C15H11N3O3. The molecule has 2 aromatic rings. The molecule has 1 aliphatic rings. The van der Waals surface area contributed by atoms with E-state index in [0.29, 0.717) is 11.3 Å². The largest absolute Gasteiger partial charge is 0.440 e. The van der Waals surface area contributed by atoms with Crippen LogP contribution in [0.4, 0.5) is 0 Å². The van der Waals surface area contributed by atoms with Crippen molar-refractivity contribution in [2.75, 3.05) is 6.54 Å². The van der Waals surface area contributed by atoms with E-state index in [1.807, 2.05) is 36.4 Å². The Kier molecular flexibility index (Phi) is 2.95. The molecule has 0 unspecified atom stereocenters. The highest BCUT2D eigenvalue weighted by molar-refractivity contribution is 5.89. The topological polar surface area (TPSA) is 102 Å². The highest BCUT2D eigenvalue weighted by Gasteiger charge is 2.34. The number of hydrogen-bond donors (Lipinski definition) is 1. The number of hydrogen-bond acceptors (Lipinski definition) is 5. The van der Waals surface area contributed by atoms with Crippen LogP contribution in [-0.2, 0) is 0 Å². The van der Waals surface area contributed by atoms with E-state index < -0.39 is 17.4 Å². The van der Waals surface area contributed by atoms with Crippen LogP contribution in [0.1, 0.15) is 11.5 Å². The van der Waals surface area contributed by atoms with Crippen LogP contribution in [0.2, 0.25) is 0 Å². The maximum atomic E-state index is 11.0. The molecule has 0 aliphatic carbocycles. The van der Waals surface area contributed by atoms with Gasteiger partial charge in [0, 0.05) is 10.5 Å². The number of benzene rings is 2. The third kappa shape index (κ3) is 2.05. The molecule has 6 heteroatoms. The van der Waals surface area contributed by atoms with Gasteiger partial charge in [0.15, 0.2) is 0 Å². The molecule has 0 saturated carbocycles. The maximum Gasteiger partial charge on any atom is 0.215 e. The molecule has 3 rings (SSSR count). The van der Waals surface area contributed by atoms with Crippen molar-refractivity contribution in [2.24, 2.45) is 5.73 Å². The summed E-state index contributed by atoms with van der Waals surface area (Å²) in [5.41, 5.74) is 6.48. The van der Waals surface area contributed by atoms with E-state index in [-0.39, 0.29) is 11.5 Å². The highest BCUT2D eigenvalue weighted by Crippen LogP contribution is 2.42. The molecule has 2 N–H and O–H groups in total. The third-order valence-electron chi connectivity index (χ3n) is 3.57. The van der Waals surface area contributed by atoms with Crippen molar-refractivity contribution >= 4 is 10.8 Å². The Hall–Kier alpha value is -3.07. The number of nitrogens with zero attached hydrogens (tertiary/aromatic N) is 2. The Morgan fingerprint density at radius 2 is 2.10 bits per heavy atom. The molecule has 0 aromatic heterocycles. The molecule has 2 aromatic carbocycles. The van der Waals surface area contributed by atoms with Crippen molar-refractivity contribution in [3.8, 4) is 11.8 Å². The SMILES string of the molecule is N#CC1=C(N)Oc2ccc3ccccc3c2[C@@H]1C[N+](=O)[O-]. The molecule has 21 heavy (non-hydrogen) atoms. The van der Waals surface area contributed by atoms with Gasteiger partial charge in [-0.3, -0.25) is 10.1 Å². The molecule has 0 bridgehead atoms. The zero-order valence-corrected chi connectivity index (χ0v) is 10.9. The maximum absolute atomic E-state index is 11.0. The summed E-state index contributed by atoms with van der Waals surface area (Å²) < 4.78 is 5.47. The van der Waals surface area contributed by atoms with E-state index in [2.05, 4.69) is 0 Å². The zero-order valence-electron chi connectivity index (χ0n) is 10.9. The first-order valence-corrected chi connectivity index (χ1v) is 6.33. The predicted octanol–water partition coefficient (Wildman–Crippen LogP) is 2.29. The van der Waals surface area contributed by atoms with Crippen molar-refractivity contribution in [1.29, 1.82) is 5.26 Å². The van der Waals surface area contributed by atoms with Crippen molar-refractivity contribution in [3.05, 3.63) is 63.5 Å². The molecule has 0 radical (unpaired) electrons. The van der Waals surface area contributed by atoms with Crippen molar-refractivity contribution in [3.63, 3.8) is 0 Å². The lowest BCUT2D eigenvalue weighted by Gasteiger charge is -2.25. The Morgan fingerprint density at radius 1 is 1.33 bits per heavy atom. The van der Waals surface area contributed by atoms with Crippen molar-refractivity contribution in [1.82, 2.24) is 0 Å². The van der Waals surface area contributed by atoms with Gasteiger partial charge in [-0.2, -0.15) is 5.26 Å². The molecule has 104 valence electrons. The zero-order chi connectivity index (χ0) is 15.0. The minimum atomic E-state index is -0.695. The molecule has 0 fully saturated rings. The minimum absolute atomic E-state index is 0.0628. The van der Waals surface area contributed by atoms with Gasteiger partial charge in [-0.15, -0.1) is 0 Å². The van der Waals surface area contributed by atoms with Gasteiger partial charge in [0.1, 0.15) is 17.4 Å². The van der Waals surface area contributed by atoms with Gasteiger partial charge in [-0.05, 0) is 16.8 Å². The van der Waals surface area contributed by atoms with Gasteiger partial charge in [0.25, 0.3) is 0 Å². The van der Waals surface area contributed by atoms with E-state index in [1.54, 1.807) is 6.07 Å². The quantitative estimate of drug-likeness (QED) is 0.672. The lowest BCUT2D eigenvalue weighted by molar-refractivity contribution is -0.482. The summed E-state index contributed by atoms with van der Waals surface area (Å²) >= 11 is 0. The number of nitro groups is 1. The van der Waals surface area contributed by atoms with Crippen LogP contribution in [0.3, 0.4) is 0 Å². The Balaban J connectivity index is 2.29. The number of nitrogens with two attached hydrogens (primary N) is 1. The Bertz CT molecular complexity index is 821. The van der Waals surface area contributed by atoms with E-state index in [1.165, 1.54) is 0 Å². The summed E-state index contributed by atoms with van der Waals surface area (Å²) in [5.74, 6) is -0.288. The molecule has 0 amide bonds. The van der Waals surface area contributed by atoms with E-state index >= 15 is 0 Å². The fourth-order valence-corrected chi connectivity index (χ4v) is 2.68. The van der Waals surface area contributed by atoms with Crippen LogP contribution in [0.15, 0.2) is 47.9 Å². The van der Waals surface area contributed by atoms with Crippen LogP contribution < -0.4 is 10.5 Å². The van der Waals surface area contributed by atoms with Crippen molar-refractivity contribution < 1.29 is 9.66 Å². The molecule has 1 atom stereocenters. The van der Waals surface area contributed by atoms with Gasteiger partial charge >= 0.3 is 0 Å². The molecule has 1 aliphatic heterocycles. The second-order valence-corrected chi connectivity index (χ2v) is 4.76. The molecule has 0 saturated heterocycles. The fraction of sp³-hybridized carbons (Fsp3) is 0.133. The second kappa shape index (κ2) is 4.80.